The Kier molecular flexibility index (Phi) is 3.54. The minimum absolute atomic E-state index is 0.231. The molecule has 0 aliphatic carbocycles. The minimum atomic E-state index is -0.231. The molecule has 2 aromatic rings. The standard InChI is InChI=1S/C11H14N6O/c1-2-8-3-7(4-10(15-8)17-12)11(18)16-9-5-13-14-6-9/h3-6H,2,12H2,1H3,(H,13,14)(H,15,17)(H,16,18). The molecule has 0 fully saturated rings. The molecule has 0 radical (unpaired) electrons. The van der Waals surface area contributed by atoms with Gasteiger partial charge in [0.05, 0.1) is 11.9 Å². The molecule has 7 heteroatoms. The van der Waals surface area contributed by atoms with Crippen molar-refractivity contribution in [2.45, 2.75) is 13.3 Å². The Morgan fingerprint density at radius 1 is 1.50 bits per heavy atom. The molecule has 0 spiro atoms. The summed E-state index contributed by atoms with van der Waals surface area (Å²) in [5.74, 6) is 5.55. The van der Waals surface area contributed by atoms with Gasteiger partial charge in [-0.25, -0.2) is 10.8 Å². The lowest BCUT2D eigenvalue weighted by Crippen LogP contribution is -2.15. The maximum Gasteiger partial charge on any atom is 0.255 e. The van der Waals surface area contributed by atoms with Gasteiger partial charge >= 0.3 is 0 Å². The van der Waals surface area contributed by atoms with Gasteiger partial charge < -0.3 is 10.7 Å². The Balaban J connectivity index is 2.23. The first-order valence-electron chi connectivity index (χ1n) is 5.50. The van der Waals surface area contributed by atoms with Crippen LogP contribution in [0.5, 0.6) is 0 Å². The first-order valence-corrected chi connectivity index (χ1v) is 5.50. The number of nitrogens with two attached hydrogens (primary N) is 1. The van der Waals surface area contributed by atoms with Crippen molar-refractivity contribution in [1.29, 1.82) is 0 Å². The molecule has 18 heavy (non-hydrogen) atoms. The van der Waals surface area contributed by atoms with Crippen molar-refractivity contribution in [1.82, 2.24) is 15.2 Å². The highest BCUT2D eigenvalue weighted by Gasteiger charge is 2.10. The van der Waals surface area contributed by atoms with Crippen molar-refractivity contribution in [2.24, 2.45) is 5.84 Å². The maximum absolute atomic E-state index is 12.0. The molecule has 1 amide bonds. The van der Waals surface area contributed by atoms with Crippen LogP contribution in [0.2, 0.25) is 0 Å². The molecule has 2 aromatic heterocycles. The highest BCUT2D eigenvalue weighted by Crippen LogP contribution is 2.12. The van der Waals surface area contributed by atoms with E-state index in [-0.39, 0.29) is 5.91 Å². The number of aryl methyl sites for hydroxylation is 1. The third-order valence-corrected chi connectivity index (χ3v) is 2.41. The van der Waals surface area contributed by atoms with Gasteiger partial charge in [-0.1, -0.05) is 6.92 Å². The van der Waals surface area contributed by atoms with Crippen LogP contribution in [0.3, 0.4) is 0 Å². The number of carbonyl (C=O) groups excluding carboxylic acids is 1. The number of nitrogen functional groups attached to an aromatic ring is 1. The fraction of sp³-hybridized carbons (Fsp3) is 0.182. The van der Waals surface area contributed by atoms with Crippen molar-refractivity contribution >= 4 is 17.4 Å². The van der Waals surface area contributed by atoms with E-state index in [0.29, 0.717) is 17.1 Å². The Labute approximate surface area is 104 Å². The topological polar surface area (TPSA) is 109 Å². The summed E-state index contributed by atoms with van der Waals surface area (Å²) in [6.07, 6.45) is 3.85. The summed E-state index contributed by atoms with van der Waals surface area (Å²) in [4.78, 5) is 16.2. The largest absolute Gasteiger partial charge is 0.319 e. The van der Waals surface area contributed by atoms with Crippen molar-refractivity contribution < 1.29 is 4.79 Å². The van der Waals surface area contributed by atoms with E-state index >= 15 is 0 Å². The number of aromatic nitrogens is 3. The number of H-pyrrole nitrogens is 1. The number of hydrazine groups is 1. The molecule has 0 bridgehead atoms. The fourth-order valence-electron chi connectivity index (χ4n) is 1.50. The molecule has 0 aliphatic rings. The first-order chi connectivity index (χ1) is 8.72. The van der Waals surface area contributed by atoms with E-state index in [1.807, 2.05) is 6.92 Å². The number of nitrogens with one attached hydrogen (secondary N) is 3. The molecule has 5 N–H and O–H groups in total. The van der Waals surface area contributed by atoms with Crippen LogP contribution >= 0.6 is 0 Å². The molecule has 2 rings (SSSR count). The van der Waals surface area contributed by atoms with Crippen molar-refractivity contribution in [2.75, 3.05) is 10.7 Å². The monoisotopic (exact) mass is 246 g/mol. The van der Waals surface area contributed by atoms with Crippen molar-refractivity contribution in [3.05, 3.63) is 35.8 Å². The van der Waals surface area contributed by atoms with Gasteiger partial charge in [0, 0.05) is 17.5 Å². The Bertz CT molecular complexity index is 514. The van der Waals surface area contributed by atoms with Crippen molar-refractivity contribution in [3.63, 3.8) is 0 Å². The maximum atomic E-state index is 12.0. The van der Waals surface area contributed by atoms with Crippen LogP contribution in [0.15, 0.2) is 24.5 Å². The lowest BCUT2D eigenvalue weighted by Gasteiger charge is -2.07. The second-order valence-corrected chi connectivity index (χ2v) is 3.67. The predicted molar refractivity (Wildman–Crippen MR) is 68.0 cm³/mol. The van der Waals surface area contributed by atoms with Crippen LogP contribution < -0.4 is 16.6 Å². The summed E-state index contributed by atoms with van der Waals surface area (Å²) in [5, 5.41) is 9.09. The van der Waals surface area contributed by atoms with E-state index in [1.165, 1.54) is 6.20 Å². The van der Waals surface area contributed by atoms with Gasteiger partial charge in [0.25, 0.3) is 5.91 Å². The minimum Gasteiger partial charge on any atom is -0.319 e. The Hall–Kier alpha value is -2.41. The predicted octanol–water partition coefficient (Wildman–Crippen LogP) is 0.905. The number of hydrogen-bond acceptors (Lipinski definition) is 5. The van der Waals surface area contributed by atoms with Gasteiger partial charge in [-0.15, -0.1) is 0 Å². The van der Waals surface area contributed by atoms with E-state index in [2.05, 4.69) is 25.9 Å². The molecule has 0 aromatic carbocycles. The van der Waals surface area contributed by atoms with Gasteiger partial charge in [-0.05, 0) is 18.6 Å². The summed E-state index contributed by atoms with van der Waals surface area (Å²) >= 11 is 0. The second kappa shape index (κ2) is 5.28. The van der Waals surface area contributed by atoms with Gasteiger partial charge in [0.2, 0.25) is 0 Å². The first kappa shape index (κ1) is 12.1. The second-order valence-electron chi connectivity index (χ2n) is 3.67. The zero-order valence-electron chi connectivity index (χ0n) is 9.90. The van der Waals surface area contributed by atoms with Crippen LogP contribution in [0.1, 0.15) is 23.0 Å². The molecule has 2 heterocycles. The fourth-order valence-corrected chi connectivity index (χ4v) is 1.50. The normalized spacial score (nSPS) is 10.1. The summed E-state index contributed by atoms with van der Waals surface area (Å²) < 4.78 is 0. The Morgan fingerprint density at radius 2 is 2.33 bits per heavy atom. The molecule has 7 nitrogen and oxygen atoms in total. The third kappa shape index (κ3) is 2.64. The zero-order chi connectivity index (χ0) is 13.0. The van der Waals surface area contributed by atoms with Gasteiger partial charge in [0.15, 0.2) is 0 Å². The molecule has 0 atom stereocenters. The van der Waals surface area contributed by atoms with Gasteiger partial charge in [-0.2, -0.15) is 5.10 Å². The summed E-state index contributed by atoms with van der Waals surface area (Å²) in [6, 6.07) is 3.32. The van der Waals surface area contributed by atoms with E-state index in [9.17, 15) is 4.79 Å². The smallest absolute Gasteiger partial charge is 0.255 e. The summed E-state index contributed by atoms with van der Waals surface area (Å²) in [6.45, 7) is 1.96. The van der Waals surface area contributed by atoms with E-state index in [0.717, 1.165) is 12.1 Å². The molecular formula is C11H14N6O. The number of anilines is 2. The number of amides is 1. The van der Waals surface area contributed by atoms with E-state index in [1.54, 1.807) is 18.3 Å². The zero-order valence-corrected chi connectivity index (χ0v) is 9.90. The molecule has 94 valence electrons. The summed E-state index contributed by atoms with van der Waals surface area (Å²) in [7, 11) is 0. The lowest BCUT2D eigenvalue weighted by atomic mass is 10.2. The highest BCUT2D eigenvalue weighted by molar-refractivity contribution is 6.04. The quantitative estimate of drug-likeness (QED) is 0.473. The average Bonchev–Trinajstić information content (AvgIpc) is 2.90. The number of nitrogens with zero attached hydrogens (tertiary/aromatic N) is 2. The van der Waals surface area contributed by atoms with Crippen molar-refractivity contribution in [3.8, 4) is 0 Å². The van der Waals surface area contributed by atoms with E-state index < -0.39 is 0 Å². The third-order valence-electron chi connectivity index (χ3n) is 2.41. The van der Waals surface area contributed by atoms with E-state index in [4.69, 9.17) is 5.84 Å². The summed E-state index contributed by atoms with van der Waals surface area (Å²) in [5.41, 5.74) is 4.35. The number of rotatable bonds is 4. The van der Waals surface area contributed by atoms with Gasteiger partial charge in [0.1, 0.15) is 5.82 Å². The Morgan fingerprint density at radius 3 is 2.94 bits per heavy atom. The van der Waals surface area contributed by atoms with Crippen LogP contribution in [0.4, 0.5) is 11.5 Å². The molecule has 0 unspecified atom stereocenters. The molecule has 0 saturated heterocycles. The number of pyridine rings is 1. The van der Waals surface area contributed by atoms with Crippen LogP contribution in [-0.4, -0.2) is 21.1 Å². The number of hydrogen-bond donors (Lipinski definition) is 4. The van der Waals surface area contributed by atoms with Crippen LogP contribution in [-0.2, 0) is 6.42 Å². The number of aromatic amines is 1. The van der Waals surface area contributed by atoms with Crippen LogP contribution in [0.25, 0.3) is 0 Å². The molecule has 0 aliphatic heterocycles. The lowest BCUT2D eigenvalue weighted by molar-refractivity contribution is 0.102. The average molecular weight is 246 g/mol. The van der Waals surface area contributed by atoms with Gasteiger partial charge in [-0.3, -0.25) is 9.89 Å². The molecular weight excluding hydrogens is 232 g/mol. The van der Waals surface area contributed by atoms with Crippen LogP contribution in [0, 0.1) is 0 Å². The molecule has 0 saturated carbocycles. The SMILES string of the molecule is CCc1cc(C(=O)Nc2cn[nH]c2)cc(NN)n1. The highest BCUT2D eigenvalue weighted by atomic mass is 16.1. The number of carbonyl (C=O) groups is 1.